The Balaban J connectivity index is 0.000000181. The molecule has 3 nitrogen and oxygen atoms in total. The minimum absolute atomic E-state index is 0.435. The Labute approximate surface area is 103 Å². The molecule has 0 atom stereocenters. The van der Waals surface area contributed by atoms with Gasteiger partial charge in [-0.1, -0.05) is 43.2 Å². The van der Waals surface area contributed by atoms with Crippen LogP contribution in [0, 0.1) is 0 Å². The summed E-state index contributed by atoms with van der Waals surface area (Å²) in [6.07, 6.45) is 15.0. The van der Waals surface area contributed by atoms with Gasteiger partial charge in [0.25, 0.3) is 0 Å². The Kier molecular flexibility index (Phi) is 7.07. The molecule has 1 fully saturated rings. The summed E-state index contributed by atoms with van der Waals surface area (Å²) in [5.74, 6) is -0.837. The monoisotopic (exact) mass is 235 g/mol. The lowest BCUT2D eigenvalue weighted by Crippen LogP contribution is -2.12. The molecule has 0 spiro atoms. The molecule has 1 aliphatic heterocycles. The molecule has 0 unspecified atom stereocenters. The standard InChI is InChI=1S/C8H8O2.C6H13N/c9-8(10)7-5-3-1-2-4-6-7;1-2-4-6-7-5-3-1/h1-5H,6H2,(H,9,10);7H,1-6H2. The highest BCUT2D eigenvalue weighted by Crippen LogP contribution is 2.06. The molecule has 17 heavy (non-hydrogen) atoms. The van der Waals surface area contributed by atoms with Crippen molar-refractivity contribution in [2.45, 2.75) is 32.1 Å². The van der Waals surface area contributed by atoms with Crippen molar-refractivity contribution in [1.82, 2.24) is 5.32 Å². The van der Waals surface area contributed by atoms with Gasteiger partial charge in [0.1, 0.15) is 0 Å². The quantitative estimate of drug-likeness (QED) is 0.734. The van der Waals surface area contributed by atoms with Crippen LogP contribution < -0.4 is 5.32 Å². The molecule has 1 saturated heterocycles. The summed E-state index contributed by atoms with van der Waals surface area (Å²) in [7, 11) is 0. The molecule has 1 aliphatic carbocycles. The molecule has 0 bridgehead atoms. The molecule has 2 N–H and O–H groups in total. The van der Waals surface area contributed by atoms with Crippen LogP contribution in [0.1, 0.15) is 32.1 Å². The van der Waals surface area contributed by atoms with Gasteiger partial charge in [-0.05, 0) is 32.4 Å². The second-order valence-corrected chi connectivity index (χ2v) is 4.18. The van der Waals surface area contributed by atoms with Crippen molar-refractivity contribution < 1.29 is 9.90 Å². The molecule has 0 aromatic carbocycles. The van der Waals surface area contributed by atoms with Crippen molar-refractivity contribution in [3.05, 3.63) is 36.0 Å². The first kappa shape index (κ1) is 13.7. The first-order chi connectivity index (χ1) is 8.30. The lowest BCUT2D eigenvalue weighted by atomic mass is 10.2. The van der Waals surface area contributed by atoms with E-state index in [4.69, 9.17) is 5.11 Å². The number of nitrogens with one attached hydrogen (secondary N) is 1. The lowest BCUT2D eigenvalue weighted by molar-refractivity contribution is -0.132. The first-order valence-corrected chi connectivity index (χ1v) is 6.27. The number of carbonyl (C=O) groups is 1. The number of carboxylic acids is 1. The summed E-state index contributed by atoms with van der Waals surface area (Å²) in [4.78, 5) is 10.4. The van der Waals surface area contributed by atoms with E-state index in [1.807, 2.05) is 18.2 Å². The molecular weight excluding hydrogens is 214 g/mol. The van der Waals surface area contributed by atoms with Gasteiger partial charge in [-0.3, -0.25) is 0 Å². The van der Waals surface area contributed by atoms with Gasteiger partial charge in [-0.25, -0.2) is 4.79 Å². The molecule has 94 valence electrons. The molecule has 0 aromatic heterocycles. The van der Waals surface area contributed by atoms with Crippen LogP contribution in [0.25, 0.3) is 0 Å². The Morgan fingerprint density at radius 2 is 1.76 bits per heavy atom. The minimum Gasteiger partial charge on any atom is -0.478 e. The minimum atomic E-state index is -0.837. The van der Waals surface area contributed by atoms with Crippen molar-refractivity contribution >= 4 is 5.97 Å². The highest BCUT2D eigenvalue weighted by atomic mass is 16.4. The van der Waals surface area contributed by atoms with Crippen molar-refractivity contribution in [3.63, 3.8) is 0 Å². The van der Waals surface area contributed by atoms with E-state index in [9.17, 15) is 4.79 Å². The second-order valence-electron chi connectivity index (χ2n) is 4.18. The van der Waals surface area contributed by atoms with Gasteiger partial charge in [-0.2, -0.15) is 0 Å². The predicted octanol–water partition coefficient (Wildman–Crippen LogP) is 2.66. The molecule has 1 heterocycles. The maximum atomic E-state index is 10.4. The van der Waals surface area contributed by atoms with Gasteiger partial charge in [0, 0.05) is 5.57 Å². The maximum absolute atomic E-state index is 10.4. The zero-order chi connectivity index (χ0) is 12.3. The second kappa shape index (κ2) is 8.76. The van der Waals surface area contributed by atoms with Crippen LogP contribution in [0.5, 0.6) is 0 Å². The van der Waals surface area contributed by atoms with Crippen molar-refractivity contribution in [2.75, 3.05) is 13.1 Å². The summed E-state index contributed by atoms with van der Waals surface area (Å²) in [5.41, 5.74) is 0.435. The van der Waals surface area contributed by atoms with Crippen LogP contribution in [0.4, 0.5) is 0 Å². The summed E-state index contributed by atoms with van der Waals surface area (Å²) >= 11 is 0. The SMILES string of the molecule is C1CCCNCC1.O=C(O)C1=CC=CC=CC1. The van der Waals surface area contributed by atoms with Gasteiger partial charge in [-0.15, -0.1) is 0 Å². The Hall–Kier alpha value is -1.35. The van der Waals surface area contributed by atoms with E-state index < -0.39 is 5.97 Å². The molecule has 2 rings (SSSR count). The fourth-order valence-electron chi connectivity index (χ4n) is 1.71. The number of hydrogen-bond acceptors (Lipinski definition) is 2. The third-order valence-electron chi connectivity index (χ3n) is 2.73. The highest BCUT2D eigenvalue weighted by Gasteiger charge is 2.03. The topological polar surface area (TPSA) is 49.3 Å². The fraction of sp³-hybridized carbons (Fsp3) is 0.500. The van der Waals surface area contributed by atoms with Gasteiger partial charge >= 0.3 is 5.97 Å². The van der Waals surface area contributed by atoms with Crippen LogP contribution >= 0.6 is 0 Å². The number of allylic oxidation sites excluding steroid dienone is 5. The summed E-state index contributed by atoms with van der Waals surface area (Å²) in [6, 6.07) is 0. The Morgan fingerprint density at radius 1 is 1.06 bits per heavy atom. The molecule has 0 saturated carbocycles. The van der Waals surface area contributed by atoms with Crippen LogP contribution in [-0.4, -0.2) is 24.2 Å². The third kappa shape index (κ3) is 6.74. The molecule has 0 aromatic rings. The predicted molar refractivity (Wildman–Crippen MR) is 70.0 cm³/mol. The molecule has 2 aliphatic rings. The maximum Gasteiger partial charge on any atom is 0.331 e. The van der Waals surface area contributed by atoms with E-state index in [1.54, 1.807) is 12.2 Å². The van der Waals surface area contributed by atoms with E-state index in [0.717, 1.165) is 0 Å². The molecule has 0 radical (unpaired) electrons. The highest BCUT2D eigenvalue weighted by molar-refractivity contribution is 5.87. The summed E-state index contributed by atoms with van der Waals surface area (Å²) < 4.78 is 0. The van der Waals surface area contributed by atoms with E-state index >= 15 is 0 Å². The van der Waals surface area contributed by atoms with Crippen molar-refractivity contribution in [1.29, 1.82) is 0 Å². The zero-order valence-electron chi connectivity index (χ0n) is 10.2. The van der Waals surface area contributed by atoms with E-state index in [-0.39, 0.29) is 0 Å². The average molecular weight is 235 g/mol. The van der Waals surface area contributed by atoms with E-state index in [0.29, 0.717) is 12.0 Å². The number of carboxylic acid groups (broad SMARTS) is 1. The number of rotatable bonds is 1. The van der Waals surface area contributed by atoms with Crippen molar-refractivity contribution in [3.8, 4) is 0 Å². The largest absolute Gasteiger partial charge is 0.478 e. The van der Waals surface area contributed by atoms with Gasteiger partial charge in [0.15, 0.2) is 0 Å². The number of aliphatic carboxylic acids is 1. The fourth-order valence-corrected chi connectivity index (χ4v) is 1.71. The van der Waals surface area contributed by atoms with Gasteiger partial charge < -0.3 is 10.4 Å². The smallest absolute Gasteiger partial charge is 0.331 e. The average Bonchev–Trinajstić information content (AvgIpc) is 2.77. The first-order valence-electron chi connectivity index (χ1n) is 6.27. The summed E-state index contributed by atoms with van der Waals surface area (Å²) in [5, 5.41) is 11.9. The van der Waals surface area contributed by atoms with E-state index in [1.165, 1.54) is 38.8 Å². The third-order valence-corrected chi connectivity index (χ3v) is 2.73. The molecule has 0 amide bonds. The van der Waals surface area contributed by atoms with Gasteiger partial charge in [0.2, 0.25) is 0 Å². The van der Waals surface area contributed by atoms with Crippen LogP contribution in [0.3, 0.4) is 0 Å². The van der Waals surface area contributed by atoms with Crippen molar-refractivity contribution in [2.24, 2.45) is 0 Å². The Bertz CT molecular complexity index is 297. The molecule has 3 heteroatoms. The van der Waals surface area contributed by atoms with Gasteiger partial charge in [0.05, 0.1) is 0 Å². The zero-order valence-corrected chi connectivity index (χ0v) is 10.2. The van der Waals surface area contributed by atoms with Crippen LogP contribution in [0.15, 0.2) is 36.0 Å². The van der Waals surface area contributed by atoms with Crippen LogP contribution in [-0.2, 0) is 4.79 Å². The molecular formula is C14H21NO2. The number of hydrogen-bond donors (Lipinski definition) is 2. The normalized spacial score (nSPS) is 19.4. The summed E-state index contributed by atoms with van der Waals surface area (Å²) in [6.45, 7) is 2.50. The van der Waals surface area contributed by atoms with Crippen LogP contribution in [0.2, 0.25) is 0 Å². The van der Waals surface area contributed by atoms with E-state index in [2.05, 4.69) is 5.32 Å². The lowest BCUT2D eigenvalue weighted by Gasteiger charge is -1.92. The Morgan fingerprint density at radius 3 is 2.41 bits per heavy atom.